The van der Waals surface area contributed by atoms with Crippen molar-refractivity contribution in [3.8, 4) is 11.6 Å². The molecular formula is C26H24F3N5O4. The Morgan fingerprint density at radius 1 is 1.05 bits per heavy atom. The fourth-order valence-electron chi connectivity index (χ4n) is 3.88. The number of pyridine rings is 1. The number of rotatable bonds is 6. The second-order valence-electron chi connectivity index (χ2n) is 8.27. The summed E-state index contributed by atoms with van der Waals surface area (Å²) in [5, 5.41) is 8.29. The van der Waals surface area contributed by atoms with Gasteiger partial charge in [-0.1, -0.05) is 6.07 Å². The van der Waals surface area contributed by atoms with Crippen LogP contribution in [-0.2, 0) is 12.7 Å². The van der Waals surface area contributed by atoms with Gasteiger partial charge in [-0.15, -0.1) is 0 Å². The van der Waals surface area contributed by atoms with Gasteiger partial charge in [0.2, 0.25) is 5.88 Å². The van der Waals surface area contributed by atoms with Crippen molar-refractivity contribution in [2.75, 3.05) is 24.8 Å². The van der Waals surface area contributed by atoms with E-state index in [9.17, 15) is 22.8 Å². The first kappa shape index (κ1) is 26.3. The lowest BCUT2D eigenvalue weighted by atomic mass is 10.1. The van der Waals surface area contributed by atoms with Gasteiger partial charge in [0.1, 0.15) is 5.75 Å². The first-order chi connectivity index (χ1) is 18.1. The molecule has 0 radical (unpaired) electrons. The van der Waals surface area contributed by atoms with Gasteiger partial charge in [0.05, 0.1) is 29.6 Å². The molecule has 2 aromatic carbocycles. The van der Waals surface area contributed by atoms with Crippen LogP contribution in [-0.4, -0.2) is 35.8 Å². The van der Waals surface area contributed by atoms with Gasteiger partial charge in [0.15, 0.2) is 0 Å². The van der Waals surface area contributed by atoms with E-state index in [-0.39, 0.29) is 17.3 Å². The molecule has 0 saturated heterocycles. The van der Waals surface area contributed by atoms with Crippen molar-refractivity contribution in [1.82, 2.24) is 14.9 Å². The number of nitrogens with zero attached hydrogens (tertiary/aromatic N) is 2. The van der Waals surface area contributed by atoms with E-state index in [0.717, 1.165) is 40.2 Å². The third-order valence-corrected chi connectivity index (χ3v) is 5.73. The smallest absolute Gasteiger partial charge is 0.416 e. The van der Waals surface area contributed by atoms with Gasteiger partial charge in [0, 0.05) is 37.4 Å². The zero-order valence-corrected chi connectivity index (χ0v) is 20.6. The van der Waals surface area contributed by atoms with Gasteiger partial charge in [-0.05, 0) is 54.4 Å². The summed E-state index contributed by atoms with van der Waals surface area (Å²) in [4.78, 5) is 28.3. The van der Waals surface area contributed by atoms with Crippen molar-refractivity contribution in [3.05, 3.63) is 77.6 Å². The molecule has 3 N–H and O–H groups in total. The monoisotopic (exact) mass is 527 g/mol. The van der Waals surface area contributed by atoms with Crippen LogP contribution in [0.2, 0.25) is 0 Å². The lowest BCUT2D eigenvalue weighted by Gasteiger charge is -2.15. The van der Waals surface area contributed by atoms with Gasteiger partial charge in [-0.2, -0.15) is 13.2 Å². The maximum Gasteiger partial charge on any atom is 0.416 e. The number of urea groups is 1. The first-order valence-electron chi connectivity index (χ1n) is 11.3. The van der Waals surface area contributed by atoms with E-state index < -0.39 is 23.9 Å². The molecular weight excluding hydrogens is 503 g/mol. The number of amides is 3. The Kier molecular flexibility index (Phi) is 7.42. The van der Waals surface area contributed by atoms with Crippen molar-refractivity contribution in [2.24, 2.45) is 0 Å². The van der Waals surface area contributed by atoms with Crippen LogP contribution in [0.3, 0.4) is 0 Å². The second-order valence-corrected chi connectivity index (χ2v) is 8.27. The summed E-state index contributed by atoms with van der Waals surface area (Å²) in [7, 11) is 2.75. The molecule has 198 valence electrons. The minimum absolute atomic E-state index is 0.0892. The lowest BCUT2D eigenvalue weighted by molar-refractivity contribution is -0.137. The molecule has 2 heterocycles. The predicted molar refractivity (Wildman–Crippen MR) is 136 cm³/mol. The van der Waals surface area contributed by atoms with Crippen LogP contribution in [0.4, 0.5) is 34.1 Å². The van der Waals surface area contributed by atoms with E-state index in [0.29, 0.717) is 12.2 Å². The summed E-state index contributed by atoms with van der Waals surface area (Å²) in [6.07, 6.45) is -1.84. The fourth-order valence-corrected chi connectivity index (χ4v) is 3.88. The number of alkyl halides is 3. The minimum atomic E-state index is -4.58. The number of anilines is 2. The Morgan fingerprint density at radius 3 is 2.55 bits per heavy atom. The molecule has 0 spiro atoms. The number of benzene rings is 2. The van der Waals surface area contributed by atoms with E-state index >= 15 is 0 Å². The van der Waals surface area contributed by atoms with Crippen LogP contribution in [0.15, 0.2) is 60.9 Å². The standard InChI is InChI=1S/C26H24F3N5O4/c1-15-4-6-20-18(9-11-34(20)14-16-8-10-31-22(12-16)38-25(36)30-2)23(15)33-24(35)32-19-13-17(26(27,28)29)5-7-21(19)37-3/h4-13H,14H2,1-3H3,(H,30,36)(H2,32,33,35). The van der Waals surface area contributed by atoms with Crippen LogP contribution in [0.5, 0.6) is 11.6 Å². The highest BCUT2D eigenvalue weighted by molar-refractivity contribution is 6.07. The highest BCUT2D eigenvalue weighted by Crippen LogP contribution is 2.35. The topological polar surface area (TPSA) is 107 Å². The van der Waals surface area contributed by atoms with Crippen molar-refractivity contribution in [3.63, 3.8) is 0 Å². The second kappa shape index (κ2) is 10.7. The average molecular weight is 528 g/mol. The molecule has 0 aliphatic heterocycles. The molecule has 4 aromatic rings. The summed E-state index contributed by atoms with van der Waals surface area (Å²) in [6.45, 7) is 2.23. The summed E-state index contributed by atoms with van der Waals surface area (Å²) in [5.41, 5.74) is 1.85. The molecule has 0 aliphatic rings. The SMILES string of the molecule is CNC(=O)Oc1cc(Cn2ccc3c(NC(=O)Nc4cc(C(F)(F)F)ccc4OC)c(C)ccc32)ccn1. The number of carbonyl (C=O) groups excluding carboxylic acids is 2. The molecule has 3 amide bonds. The Bertz CT molecular complexity index is 1500. The Morgan fingerprint density at radius 2 is 1.84 bits per heavy atom. The molecule has 9 nitrogen and oxygen atoms in total. The Labute approximate surface area is 215 Å². The number of carbonyl (C=O) groups is 2. The van der Waals surface area contributed by atoms with Gasteiger partial charge in [0.25, 0.3) is 0 Å². The van der Waals surface area contributed by atoms with Gasteiger partial charge in [-0.25, -0.2) is 14.6 Å². The molecule has 38 heavy (non-hydrogen) atoms. The van der Waals surface area contributed by atoms with Crippen LogP contribution in [0.25, 0.3) is 10.9 Å². The maximum atomic E-state index is 13.2. The molecule has 0 bridgehead atoms. The normalized spacial score (nSPS) is 11.2. The van der Waals surface area contributed by atoms with Gasteiger partial charge in [-0.3, -0.25) is 0 Å². The number of aromatic nitrogens is 2. The van der Waals surface area contributed by atoms with Crippen LogP contribution < -0.4 is 25.4 Å². The van der Waals surface area contributed by atoms with Gasteiger partial charge >= 0.3 is 18.3 Å². The summed E-state index contributed by atoms with van der Waals surface area (Å²) in [5.74, 6) is 0.240. The van der Waals surface area contributed by atoms with Crippen molar-refractivity contribution >= 4 is 34.4 Å². The van der Waals surface area contributed by atoms with Crippen molar-refractivity contribution < 1.29 is 32.2 Å². The molecule has 12 heteroatoms. The number of ether oxygens (including phenoxy) is 2. The number of nitrogens with one attached hydrogen (secondary N) is 3. The van der Waals surface area contributed by atoms with E-state index in [2.05, 4.69) is 20.9 Å². The third-order valence-electron chi connectivity index (χ3n) is 5.73. The average Bonchev–Trinajstić information content (AvgIpc) is 3.28. The number of aryl methyl sites for hydroxylation is 1. The van der Waals surface area contributed by atoms with E-state index in [1.807, 2.05) is 35.9 Å². The number of fused-ring (bicyclic) bond motifs is 1. The summed E-state index contributed by atoms with van der Waals surface area (Å²) < 4.78 is 51.6. The van der Waals surface area contributed by atoms with Crippen LogP contribution in [0, 0.1) is 6.92 Å². The van der Waals surface area contributed by atoms with E-state index in [4.69, 9.17) is 9.47 Å². The fraction of sp³-hybridized carbons (Fsp3) is 0.192. The molecule has 2 aromatic heterocycles. The van der Waals surface area contributed by atoms with Crippen molar-refractivity contribution in [1.29, 1.82) is 0 Å². The first-order valence-corrected chi connectivity index (χ1v) is 11.3. The Hall–Kier alpha value is -4.74. The van der Waals surface area contributed by atoms with Crippen LogP contribution in [0.1, 0.15) is 16.7 Å². The minimum Gasteiger partial charge on any atom is -0.495 e. The van der Waals surface area contributed by atoms with Crippen molar-refractivity contribution in [2.45, 2.75) is 19.6 Å². The zero-order valence-electron chi connectivity index (χ0n) is 20.6. The molecule has 0 unspecified atom stereocenters. The molecule has 0 fully saturated rings. The van der Waals surface area contributed by atoms with Gasteiger partial charge < -0.3 is 30.0 Å². The largest absolute Gasteiger partial charge is 0.495 e. The molecule has 4 rings (SSSR count). The molecule has 0 atom stereocenters. The molecule has 0 saturated carbocycles. The van der Waals surface area contributed by atoms with E-state index in [1.165, 1.54) is 20.4 Å². The maximum absolute atomic E-state index is 13.2. The van der Waals surface area contributed by atoms with E-state index in [1.54, 1.807) is 12.1 Å². The zero-order chi connectivity index (χ0) is 27.4. The molecule has 0 aliphatic carbocycles. The Balaban J connectivity index is 1.57. The summed E-state index contributed by atoms with van der Waals surface area (Å²) >= 11 is 0. The lowest BCUT2D eigenvalue weighted by Crippen LogP contribution is -2.22. The summed E-state index contributed by atoms with van der Waals surface area (Å²) in [6, 6.07) is 11.1. The quantitative estimate of drug-likeness (QED) is 0.295. The number of methoxy groups -OCH3 is 1. The number of halogens is 3. The number of hydrogen-bond donors (Lipinski definition) is 3. The van der Waals surface area contributed by atoms with Crippen LogP contribution >= 0.6 is 0 Å². The highest BCUT2D eigenvalue weighted by atomic mass is 19.4. The third kappa shape index (κ3) is 5.80. The predicted octanol–water partition coefficient (Wildman–Crippen LogP) is 5.78. The highest BCUT2D eigenvalue weighted by Gasteiger charge is 2.31. The number of hydrogen-bond acceptors (Lipinski definition) is 5.